The second-order valence-electron chi connectivity index (χ2n) is 6.54. The lowest BCUT2D eigenvalue weighted by molar-refractivity contribution is -0.102. The van der Waals surface area contributed by atoms with Crippen LogP contribution in [0.2, 0.25) is 0 Å². The molecule has 0 radical (unpaired) electrons. The molecule has 1 fully saturated rings. The molecule has 0 aromatic heterocycles. The maximum atomic E-state index is 9.39. The van der Waals surface area contributed by atoms with Crippen LogP contribution in [0.4, 0.5) is 0 Å². The van der Waals surface area contributed by atoms with E-state index >= 15 is 0 Å². The van der Waals surface area contributed by atoms with Gasteiger partial charge < -0.3 is 15.5 Å². The summed E-state index contributed by atoms with van der Waals surface area (Å²) in [5, 5.41) is 22.3. The highest BCUT2D eigenvalue weighted by atomic mass is 16.5. The highest BCUT2D eigenvalue weighted by Gasteiger charge is 2.29. The Bertz CT molecular complexity index is 229. The van der Waals surface area contributed by atoms with Crippen LogP contribution in [0.25, 0.3) is 0 Å². The summed E-state index contributed by atoms with van der Waals surface area (Å²) in [4.78, 5) is 0. The lowest BCUT2D eigenvalue weighted by Gasteiger charge is -2.33. The Hall–Kier alpha value is -0.120. The van der Waals surface area contributed by atoms with Gasteiger partial charge in [-0.05, 0) is 37.6 Å². The summed E-state index contributed by atoms with van der Waals surface area (Å²) in [6.45, 7) is 7.87. The third kappa shape index (κ3) is 5.25. The van der Waals surface area contributed by atoms with Gasteiger partial charge >= 0.3 is 0 Å². The van der Waals surface area contributed by atoms with Crippen LogP contribution in [0.3, 0.4) is 0 Å². The topological polar surface area (TPSA) is 52.5 Å². The smallest absolute Gasteiger partial charge is 0.155 e. The Morgan fingerprint density at radius 3 is 2.50 bits per heavy atom. The fraction of sp³-hybridized carbons (Fsp3) is 1.00. The van der Waals surface area contributed by atoms with Crippen LogP contribution >= 0.6 is 0 Å². The van der Waals surface area contributed by atoms with Crippen molar-refractivity contribution in [2.24, 2.45) is 11.3 Å². The van der Waals surface area contributed by atoms with Crippen LogP contribution in [0.1, 0.15) is 65.7 Å². The number of nitrogens with one attached hydrogen (secondary N) is 1. The van der Waals surface area contributed by atoms with E-state index in [2.05, 4.69) is 26.1 Å². The standard InChI is InChI=1S/C15H31NO2/c1-4-15(2,3)10-7-11-16-13-9-6-5-8-12(13)14(17)18/h12-14,16-18H,4-11H2,1-3H3. The molecule has 108 valence electrons. The number of hydrogen-bond donors (Lipinski definition) is 3. The van der Waals surface area contributed by atoms with Crippen molar-refractivity contribution in [2.45, 2.75) is 78.0 Å². The molecule has 1 rings (SSSR count). The average Bonchev–Trinajstić information content (AvgIpc) is 2.35. The molecule has 0 amide bonds. The number of aliphatic hydroxyl groups is 2. The van der Waals surface area contributed by atoms with Gasteiger partial charge in [-0.1, -0.05) is 40.0 Å². The first-order valence-corrected chi connectivity index (χ1v) is 7.56. The summed E-state index contributed by atoms with van der Waals surface area (Å²) in [5.41, 5.74) is 0.435. The fourth-order valence-electron chi connectivity index (χ4n) is 2.80. The third-order valence-corrected chi connectivity index (χ3v) is 4.60. The highest BCUT2D eigenvalue weighted by Crippen LogP contribution is 2.28. The molecule has 1 aliphatic carbocycles. The molecular weight excluding hydrogens is 226 g/mol. The molecule has 0 bridgehead atoms. The van der Waals surface area contributed by atoms with E-state index in [1.165, 1.54) is 25.7 Å². The third-order valence-electron chi connectivity index (χ3n) is 4.60. The zero-order chi connectivity index (χ0) is 13.6. The lowest BCUT2D eigenvalue weighted by atomic mass is 9.83. The molecule has 1 aliphatic rings. The minimum absolute atomic E-state index is 0.0259. The van der Waals surface area contributed by atoms with Crippen LogP contribution in [-0.4, -0.2) is 29.1 Å². The predicted octanol–water partition coefficient (Wildman–Crippen LogP) is 2.66. The molecule has 2 atom stereocenters. The molecule has 3 N–H and O–H groups in total. The molecular formula is C15H31NO2. The Labute approximate surface area is 112 Å². The van der Waals surface area contributed by atoms with Gasteiger partial charge in [0.25, 0.3) is 0 Å². The van der Waals surface area contributed by atoms with E-state index in [-0.39, 0.29) is 5.92 Å². The van der Waals surface area contributed by atoms with Crippen molar-refractivity contribution >= 4 is 0 Å². The van der Waals surface area contributed by atoms with E-state index in [9.17, 15) is 10.2 Å². The van der Waals surface area contributed by atoms with Crippen molar-refractivity contribution in [3.63, 3.8) is 0 Å². The van der Waals surface area contributed by atoms with Gasteiger partial charge in [0.2, 0.25) is 0 Å². The van der Waals surface area contributed by atoms with Crippen molar-refractivity contribution in [3.05, 3.63) is 0 Å². The van der Waals surface area contributed by atoms with Gasteiger partial charge in [0.1, 0.15) is 0 Å². The molecule has 3 heteroatoms. The van der Waals surface area contributed by atoms with Crippen LogP contribution in [0, 0.1) is 11.3 Å². The molecule has 0 spiro atoms. The fourth-order valence-corrected chi connectivity index (χ4v) is 2.80. The Balaban J connectivity index is 2.24. The van der Waals surface area contributed by atoms with Crippen LogP contribution < -0.4 is 5.32 Å². The SMILES string of the molecule is CCC(C)(C)CCCNC1CCCCC1C(O)O. The van der Waals surface area contributed by atoms with Gasteiger partial charge in [-0.3, -0.25) is 0 Å². The highest BCUT2D eigenvalue weighted by molar-refractivity contribution is 4.82. The van der Waals surface area contributed by atoms with Crippen molar-refractivity contribution in [3.8, 4) is 0 Å². The quantitative estimate of drug-likeness (QED) is 0.485. The molecule has 0 saturated heterocycles. The van der Waals surface area contributed by atoms with Gasteiger partial charge in [-0.25, -0.2) is 0 Å². The predicted molar refractivity (Wildman–Crippen MR) is 75.3 cm³/mol. The van der Waals surface area contributed by atoms with E-state index in [0.29, 0.717) is 11.5 Å². The van der Waals surface area contributed by atoms with E-state index in [1.807, 2.05) is 0 Å². The zero-order valence-electron chi connectivity index (χ0n) is 12.3. The van der Waals surface area contributed by atoms with Gasteiger partial charge in [-0.2, -0.15) is 0 Å². The first-order chi connectivity index (χ1) is 8.46. The minimum atomic E-state index is -1.16. The van der Waals surface area contributed by atoms with Gasteiger partial charge in [-0.15, -0.1) is 0 Å². The molecule has 1 saturated carbocycles. The maximum Gasteiger partial charge on any atom is 0.155 e. The van der Waals surface area contributed by atoms with Crippen molar-refractivity contribution < 1.29 is 10.2 Å². The average molecular weight is 257 g/mol. The summed E-state index contributed by atoms with van der Waals surface area (Å²) < 4.78 is 0. The first kappa shape index (κ1) is 15.9. The zero-order valence-corrected chi connectivity index (χ0v) is 12.3. The second-order valence-corrected chi connectivity index (χ2v) is 6.54. The van der Waals surface area contributed by atoms with Crippen LogP contribution in [0.5, 0.6) is 0 Å². The first-order valence-electron chi connectivity index (χ1n) is 7.56. The molecule has 0 aliphatic heterocycles. The summed E-state index contributed by atoms with van der Waals surface area (Å²) in [6.07, 6.45) is 6.82. The normalized spacial score (nSPS) is 25.7. The Kier molecular flexibility index (Phi) is 6.61. The van der Waals surface area contributed by atoms with Crippen molar-refractivity contribution in [1.82, 2.24) is 5.32 Å². The van der Waals surface area contributed by atoms with E-state index in [1.54, 1.807) is 0 Å². The monoisotopic (exact) mass is 257 g/mol. The van der Waals surface area contributed by atoms with E-state index in [0.717, 1.165) is 25.8 Å². The molecule has 0 aromatic carbocycles. The summed E-state index contributed by atoms with van der Waals surface area (Å²) in [5.74, 6) is 0.0259. The Morgan fingerprint density at radius 1 is 1.22 bits per heavy atom. The molecule has 18 heavy (non-hydrogen) atoms. The second kappa shape index (κ2) is 7.46. The molecule has 2 unspecified atom stereocenters. The minimum Gasteiger partial charge on any atom is -0.368 e. The molecule has 0 heterocycles. The lowest BCUT2D eigenvalue weighted by Crippen LogP contribution is -2.44. The van der Waals surface area contributed by atoms with Crippen molar-refractivity contribution in [2.75, 3.05) is 6.54 Å². The van der Waals surface area contributed by atoms with Crippen LogP contribution in [0.15, 0.2) is 0 Å². The van der Waals surface area contributed by atoms with E-state index in [4.69, 9.17) is 0 Å². The summed E-state index contributed by atoms with van der Waals surface area (Å²) in [7, 11) is 0. The van der Waals surface area contributed by atoms with Crippen LogP contribution in [-0.2, 0) is 0 Å². The Morgan fingerprint density at radius 2 is 1.89 bits per heavy atom. The van der Waals surface area contributed by atoms with Gasteiger partial charge in [0, 0.05) is 12.0 Å². The van der Waals surface area contributed by atoms with Gasteiger partial charge in [0.05, 0.1) is 0 Å². The number of hydrogen-bond acceptors (Lipinski definition) is 3. The van der Waals surface area contributed by atoms with E-state index < -0.39 is 6.29 Å². The molecule has 3 nitrogen and oxygen atoms in total. The van der Waals surface area contributed by atoms with Gasteiger partial charge in [0.15, 0.2) is 6.29 Å². The maximum absolute atomic E-state index is 9.39. The summed E-state index contributed by atoms with van der Waals surface area (Å²) in [6, 6.07) is 0.295. The summed E-state index contributed by atoms with van der Waals surface area (Å²) >= 11 is 0. The largest absolute Gasteiger partial charge is 0.368 e. The number of aliphatic hydroxyl groups excluding tert-OH is 1. The number of rotatable bonds is 7. The van der Waals surface area contributed by atoms with Crippen molar-refractivity contribution in [1.29, 1.82) is 0 Å². The molecule has 0 aromatic rings.